The second-order valence-electron chi connectivity index (χ2n) is 14.4. The Kier molecular flexibility index (Phi) is 8.65. The molecular formula is C35H43N7O6. The molecule has 3 amide bonds. The van der Waals surface area contributed by atoms with Gasteiger partial charge in [-0.2, -0.15) is 0 Å². The number of hydrogen-bond donors (Lipinski definition) is 2. The van der Waals surface area contributed by atoms with Crippen molar-refractivity contribution in [2.24, 2.45) is 0 Å². The molecule has 4 heterocycles. The summed E-state index contributed by atoms with van der Waals surface area (Å²) in [6.07, 6.45) is 2.99. The van der Waals surface area contributed by atoms with Crippen LogP contribution in [0.4, 0.5) is 15.3 Å². The van der Waals surface area contributed by atoms with Gasteiger partial charge in [0, 0.05) is 18.8 Å². The van der Waals surface area contributed by atoms with E-state index in [4.69, 9.17) is 19.4 Å². The van der Waals surface area contributed by atoms with E-state index in [1.54, 1.807) is 40.1 Å². The van der Waals surface area contributed by atoms with Gasteiger partial charge < -0.3 is 29.1 Å². The smallest absolute Gasteiger partial charge is 0.410 e. The van der Waals surface area contributed by atoms with Gasteiger partial charge >= 0.3 is 12.2 Å². The number of likely N-dealkylation sites (tertiary alicyclic amines) is 2. The van der Waals surface area contributed by atoms with Crippen LogP contribution >= 0.6 is 0 Å². The quantitative estimate of drug-likeness (QED) is 0.225. The summed E-state index contributed by atoms with van der Waals surface area (Å²) in [4.78, 5) is 72.9. The van der Waals surface area contributed by atoms with Crippen molar-refractivity contribution in [3.63, 3.8) is 0 Å². The first kappa shape index (κ1) is 33.0. The van der Waals surface area contributed by atoms with Crippen LogP contribution in [-0.4, -0.2) is 85.0 Å². The summed E-state index contributed by atoms with van der Waals surface area (Å²) in [6, 6.07) is 10.0. The zero-order valence-corrected chi connectivity index (χ0v) is 28.3. The molecule has 2 aromatic heterocycles. The highest BCUT2D eigenvalue weighted by molar-refractivity contribution is 6.14. The zero-order valence-electron chi connectivity index (χ0n) is 28.3. The molecule has 13 heteroatoms. The minimum absolute atomic E-state index is 0.177. The Labute approximate surface area is 279 Å². The highest BCUT2D eigenvalue weighted by atomic mass is 16.6. The summed E-state index contributed by atoms with van der Waals surface area (Å²) in [5, 5.41) is 0. The van der Waals surface area contributed by atoms with Crippen LogP contribution in [0.2, 0.25) is 0 Å². The highest BCUT2D eigenvalue weighted by Gasteiger charge is 2.37. The van der Waals surface area contributed by atoms with Crippen molar-refractivity contribution in [3.05, 3.63) is 53.6 Å². The molecule has 0 bridgehead atoms. The van der Waals surface area contributed by atoms with Crippen molar-refractivity contribution in [2.75, 3.05) is 24.5 Å². The zero-order chi connectivity index (χ0) is 34.4. The third-order valence-electron chi connectivity index (χ3n) is 8.45. The van der Waals surface area contributed by atoms with E-state index < -0.39 is 23.2 Å². The minimum atomic E-state index is -0.628. The molecule has 0 saturated carbocycles. The Morgan fingerprint density at radius 3 is 2.02 bits per heavy atom. The molecule has 0 aliphatic carbocycles. The summed E-state index contributed by atoms with van der Waals surface area (Å²) >= 11 is 0. The van der Waals surface area contributed by atoms with Crippen LogP contribution in [0.25, 0.3) is 22.1 Å². The number of amides is 3. The van der Waals surface area contributed by atoms with E-state index >= 15 is 0 Å². The van der Waals surface area contributed by atoms with Gasteiger partial charge in [-0.15, -0.1) is 0 Å². The fraction of sp³-hybridized carbons (Fsp3) is 0.486. The second-order valence-corrected chi connectivity index (χ2v) is 14.4. The Morgan fingerprint density at radius 2 is 1.44 bits per heavy atom. The maximum Gasteiger partial charge on any atom is 0.410 e. The highest BCUT2D eigenvalue weighted by Crippen LogP contribution is 2.35. The lowest BCUT2D eigenvalue weighted by atomic mass is 10.1. The van der Waals surface area contributed by atoms with Crippen molar-refractivity contribution in [3.8, 4) is 0 Å². The number of imidazole rings is 2. The number of carbonyl (C=O) groups is 4. The van der Waals surface area contributed by atoms with Gasteiger partial charge in [0.2, 0.25) is 0 Å². The summed E-state index contributed by atoms with van der Waals surface area (Å²) < 4.78 is 11.3. The molecular weight excluding hydrogens is 614 g/mol. The van der Waals surface area contributed by atoms with E-state index in [1.807, 2.05) is 47.6 Å². The summed E-state index contributed by atoms with van der Waals surface area (Å²) in [7, 11) is 0. The second kappa shape index (κ2) is 12.6. The molecule has 2 saturated heterocycles. The van der Waals surface area contributed by atoms with Gasteiger partial charge in [0.25, 0.3) is 5.91 Å². The van der Waals surface area contributed by atoms with Gasteiger partial charge in [-0.05, 0) is 97.6 Å². The fourth-order valence-corrected chi connectivity index (χ4v) is 6.43. The van der Waals surface area contributed by atoms with Crippen molar-refractivity contribution in [2.45, 2.75) is 90.5 Å². The average Bonchev–Trinajstić information content (AvgIpc) is 3.81. The Hall–Kier alpha value is -4.94. The molecule has 2 aliphatic heterocycles. The number of nitrogens with one attached hydrogen (secondary N) is 2. The Bertz CT molecular complexity index is 1870. The number of para-hydroxylation sites is 1. The SMILES string of the molecule is CC(C)(C)OC(=O)N1CCCC1c1nc2ccc(N(CC=O)C(=O)c3cccc4[nH]c(C5CCCN5C(=O)OC(C)(C)C)nc34)cc2[nH]1. The lowest BCUT2D eigenvalue weighted by molar-refractivity contribution is -0.106. The summed E-state index contributed by atoms with van der Waals surface area (Å²) in [6.45, 7) is 12.0. The van der Waals surface area contributed by atoms with Crippen LogP contribution in [0.3, 0.4) is 0 Å². The van der Waals surface area contributed by atoms with Crippen LogP contribution in [0, 0.1) is 0 Å². The molecule has 48 heavy (non-hydrogen) atoms. The van der Waals surface area contributed by atoms with Crippen molar-refractivity contribution in [1.29, 1.82) is 0 Å². The van der Waals surface area contributed by atoms with E-state index in [0.717, 1.165) is 19.3 Å². The first-order chi connectivity index (χ1) is 22.7. The lowest BCUT2D eigenvalue weighted by Crippen LogP contribution is -2.36. The number of rotatable bonds is 6. The van der Waals surface area contributed by atoms with Crippen LogP contribution in [0.5, 0.6) is 0 Å². The molecule has 0 spiro atoms. The Morgan fingerprint density at radius 1 is 0.854 bits per heavy atom. The number of aromatic amines is 2. The van der Waals surface area contributed by atoms with E-state index in [0.29, 0.717) is 70.8 Å². The van der Waals surface area contributed by atoms with Crippen molar-refractivity contribution < 1.29 is 28.7 Å². The standard InChI is InChI=1S/C35H43N7O6/c1-34(2,3)47-32(45)41-16-8-12-26(41)29-36-23-15-14-21(20-25(23)38-29)40(18-19-43)31(44)22-10-7-11-24-28(22)39-30(37-24)27-13-9-17-42(27)33(46)48-35(4,5)6/h7,10-11,14-15,19-20,26-27H,8-9,12-13,16-18H2,1-6H3,(H,36,38)(H,37,39). The van der Waals surface area contributed by atoms with Gasteiger partial charge in [0.15, 0.2) is 0 Å². The summed E-state index contributed by atoms with van der Waals surface area (Å²) in [5.41, 5.74) is 2.04. The molecule has 6 rings (SSSR count). The molecule has 2 aliphatic rings. The minimum Gasteiger partial charge on any atom is -0.444 e. The molecule has 2 fully saturated rings. The first-order valence-corrected chi connectivity index (χ1v) is 16.5. The number of hydrogen-bond acceptors (Lipinski definition) is 8. The predicted molar refractivity (Wildman–Crippen MR) is 180 cm³/mol. The van der Waals surface area contributed by atoms with Gasteiger partial charge in [-0.1, -0.05) is 6.07 Å². The average molecular weight is 658 g/mol. The fourth-order valence-electron chi connectivity index (χ4n) is 6.43. The van der Waals surface area contributed by atoms with Crippen molar-refractivity contribution in [1.82, 2.24) is 29.7 Å². The number of H-pyrrole nitrogens is 2. The number of fused-ring (bicyclic) bond motifs is 2. The van der Waals surface area contributed by atoms with E-state index in [2.05, 4.69) is 9.97 Å². The lowest BCUT2D eigenvalue weighted by Gasteiger charge is -2.27. The molecule has 2 aromatic carbocycles. The number of ether oxygens (including phenoxy) is 2. The van der Waals surface area contributed by atoms with Crippen molar-refractivity contribution >= 4 is 52.1 Å². The topological polar surface area (TPSA) is 154 Å². The van der Waals surface area contributed by atoms with E-state index in [1.165, 1.54) is 4.90 Å². The molecule has 0 radical (unpaired) electrons. The number of anilines is 1. The Balaban J connectivity index is 1.28. The van der Waals surface area contributed by atoms with E-state index in [9.17, 15) is 19.2 Å². The number of aldehydes is 1. The monoisotopic (exact) mass is 657 g/mol. The first-order valence-electron chi connectivity index (χ1n) is 16.5. The van der Waals surface area contributed by atoms with Gasteiger partial charge in [0.1, 0.15) is 34.7 Å². The van der Waals surface area contributed by atoms with Crippen LogP contribution < -0.4 is 4.90 Å². The largest absolute Gasteiger partial charge is 0.444 e. The maximum absolute atomic E-state index is 14.1. The van der Waals surface area contributed by atoms with Crippen LogP contribution in [0.15, 0.2) is 36.4 Å². The third-order valence-corrected chi connectivity index (χ3v) is 8.45. The molecule has 2 N–H and O–H groups in total. The number of benzene rings is 2. The predicted octanol–water partition coefficient (Wildman–Crippen LogP) is 6.43. The van der Waals surface area contributed by atoms with Gasteiger partial charge in [0.05, 0.1) is 40.7 Å². The molecule has 2 unspecified atom stereocenters. The van der Waals surface area contributed by atoms with Gasteiger partial charge in [-0.3, -0.25) is 14.6 Å². The number of nitrogens with zero attached hydrogens (tertiary/aromatic N) is 5. The number of aromatic nitrogens is 4. The molecule has 254 valence electrons. The molecule has 2 atom stereocenters. The molecule has 4 aromatic rings. The number of carbonyl (C=O) groups excluding carboxylic acids is 4. The summed E-state index contributed by atoms with van der Waals surface area (Å²) in [5.74, 6) is 0.821. The van der Waals surface area contributed by atoms with E-state index in [-0.39, 0.29) is 24.7 Å². The molecule has 13 nitrogen and oxygen atoms in total. The van der Waals surface area contributed by atoms with Crippen LogP contribution in [-0.2, 0) is 14.3 Å². The normalized spacial score (nSPS) is 18.5. The van der Waals surface area contributed by atoms with Gasteiger partial charge in [-0.25, -0.2) is 19.6 Å². The third kappa shape index (κ3) is 6.71. The maximum atomic E-state index is 14.1. The van der Waals surface area contributed by atoms with Crippen LogP contribution in [0.1, 0.15) is 101 Å².